The van der Waals surface area contributed by atoms with Gasteiger partial charge in [0.05, 0.1) is 11.3 Å². The van der Waals surface area contributed by atoms with Crippen LogP contribution >= 0.6 is 0 Å². The number of nitrogens with one attached hydrogen (secondary N) is 1. The van der Waals surface area contributed by atoms with Crippen molar-refractivity contribution < 1.29 is 9.59 Å². The van der Waals surface area contributed by atoms with Crippen LogP contribution in [-0.2, 0) is 0 Å². The van der Waals surface area contributed by atoms with E-state index in [1.807, 2.05) is 50.1 Å². The van der Waals surface area contributed by atoms with E-state index in [-0.39, 0.29) is 18.0 Å². The first kappa shape index (κ1) is 18.5. The van der Waals surface area contributed by atoms with Gasteiger partial charge >= 0.3 is 0 Å². The topological polar surface area (TPSA) is 52.7 Å². The molecule has 2 aliphatic rings. The van der Waals surface area contributed by atoms with Gasteiger partial charge in [-0.15, -0.1) is 0 Å². The van der Waals surface area contributed by atoms with E-state index in [2.05, 4.69) is 10.2 Å². The molecule has 5 nitrogen and oxygen atoms in total. The van der Waals surface area contributed by atoms with Crippen LogP contribution in [0, 0.1) is 13.8 Å². The predicted octanol–water partition coefficient (Wildman–Crippen LogP) is 4.35. The fraction of sp³-hybridized carbons (Fsp3) is 0.391. The average Bonchev–Trinajstić information content (AvgIpc) is 2.95. The van der Waals surface area contributed by atoms with Crippen LogP contribution in [-0.4, -0.2) is 36.5 Å². The Morgan fingerprint density at radius 3 is 2.64 bits per heavy atom. The van der Waals surface area contributed by atoms with E-state index in [0.717, 1.165) is 49.2 Å². The zero-order chi connectivity index (χ0) is 19.8. The molecule has 1 unspecified atom stereocenters. The fourth-order valence-electron chi connectivity index (χ4n) is 4.21. The molecule has 2 amide bonds. The summed E-state index contributed by atoms with van der Waals surface area (Å²) in [6, 6.07) is 11.3. The van der Waals surface area contributed by atoms with E-state index >= 15 is 0 Å². The van der Waals surface area contributed by atoms with Gasteiger partial charge in [0, 0.05) is 24.8 Å². The number of fused-ring (bicyclic) bond motifs is 2. The molecule has 2 aliphatic heterocycles. The minimum absolute atomic E-state index is 0.0839. The lowest BCUT2D eigenvalue weighted by atomic mass is 10.0. The van der Waals surface area contributed by atoms with Gasteiger partial charge in [-0.3, -0.25) is 9.59 Å². The summed E-state index contributed by atoms with van der Waals surface area (Å²) in [4.78, 5) is 29.9. The van der Waals surface area contributed by atoms with Gasteiger partial charge in [0.15, 0.2) is 0 Å². The Labute approximate surface area is 166 Å². The summed E-state index contributed by atoms with van der Waals surface area (Å²) in [7, 11) is 2.03. The monoisotopic (exact) mass is 377 g/mol. The summed E-state index contributed by atoms with van der Waals surface area (Å²) in [5.41, 5.74) is 5.22. The second-order valence-corrected chi connectivity index (χ2v) is 7.92. The van der Waals surface area contributed by atoms with E-state index in [1.165, 1.54) is 5.56 Å². The van der Waals surface area contributed by atoms with E-state index in [1.54, 1.807) is 12.1 Å². The molecule has 1 fully saturated rings. The number of amides is 2. The third-order valence-corrected chi connectivity index (χ3v) is 6.06. The summed E-state index contributed by atoms with van der Waals surface area (Å²) < 4.78 is 0. The number of carbonyl (C=O) groups excluding carboxylic acids is 2. The molecule has 146 valence electrons. The Morgan fingerprint density at radius 2 is 1.86 bits per heavy atom. The Hall–Kier alpha value is -2.82. The number of carbonyl (C=O) groups is 2. The number of hydrogen-bond acceptors (Lipinski definition) is 3. The number of nitrogens with zero attached hydrogens (tertiary/aromatic N) is 2. The average molecular weight is 377 g/mol. The van der Waals surface area contributed by atoms with Gasteiger partial charge in [-0.25, -0.2) is 0 Å². The van der Waals surface area contributed by atoms with Crippen LogP contribution < -0.4 is 10.2 Å². The number of rotatable bonds is 2. The van der Waals surface area contributed by atoms with Crippen molar-refractivity contribution in [2.75, 3.05) is 23.8 Å². The molecule has 0 aromatic heterocycles. The van der Waals surface area contributed by atoms with Gasteiger partial charge in [-0.1, -0.05) is 12.5 Å². The van der Waals surface area contributed by atoms with Crippen molar-refractivity contribution in [2.24, 2.45) is 0 Å². The van der Waals surface area contributed by atoms with Crippen molar-refractivity contribution in [1.29, 1.82) is 0 Å². The van der Waals surface area contributed by atoms with Gasteiger partial charge in [-0.2, -0.15) is 0 Å². The maximum atomic E-state index is 13.0. The van der Waals surface area contributed by atoms with Gasteiger partial charge in [-0.05, 0) is 74.6 Å². The first-order valence-electron chi connectivity index (χ1n) is 10.0. The lowest BCUT2D eigenvalue weighted by Gasteiger charge is -2.43. The fourth-order valence-corrected chi connectivity index (χ4v) is 4.21. The molecular weight excluding hydrogens is 350 g/mol. The maximum Gasteiger partial charge on any atom is 0.257 e. The molecular formula is C23H27N3O2. The largest absolute Gasteiger partial charge is 0.354 e. The van der Waals surface area contributed by atoms with E-state index in [9.17, 15) is 9.59 Å². The molecule has 28 heavy (non-hydrogen) atoms. The zero-order valence-electron chi connectivity index (χ0n) is 16.8. The minimum Gasteiger partial charge on any atom is -0.354 e. The SMILES string of the molecule is Cc1ccc(NC(=O)c2ccc3c(c2)N(C)C2CCCCCN2C3=O)cc1C. The molecule has 0 bridgehead atoms. The molecule has 5 heteroatoms. The highest BCUT2D eigenvalue weighted by Crippen LogP contribution is 2.34. The van der Waals surface area contributed by atoms with Crippen LogP contribution in [0.3, 0.4) is 0 Å². The van der Waals surface area contributed by atoms with Crippen molar-refractivity contribution in [3.05, 3.63) is 58.7 Å². The summed E-state index contributed by atoms with van der Waals surface area (Å²) in [6.07, 6.45) is 4.40. The van der Waals surface area contributed by atoms with Crippen LogP contribution in [0.25, 0.3) is 0 Å². The van der Waals surface area contributed by atoms with Crippen molar-refractivity contribution >= 4 is 23.2 Å². The van der Waals surface area contributed by atoms with Crippen molar-refractivity contribution in [2.45, 2.75) is 45.7 Å². The van der Waals surface area contributed by atoms with Crippen molar-refractivity contribution in [3.8, 4) is 0 Å². The smallest absolute Gasteiger partial charge is 0.257 e. The first-order valence-corrected chi connectivity index (χ1v) is 10.0. The maximum absolute atomic E-state index is 13.0. The predicted molar refractivity (Wildman–Crippen MR) is 112 cm³/mol. The van der Waals surface area contributed by atoms with Crippen molar-refractivity contribution in [3.63, 3.8) is 0 Å². The molecule has 0 aliphatic carbocycles. The van der Waals surface area contributed by atoms with E-state index < -0.39 is 0 Å². The van der Waals surface area contributed by atoms with Crippen LogP contribution in [0.4, 0.5) is 11.4 Å². The highest BCUT2D eigenvalue weighted by molar-refractivity contribution is 6.08. The minimum atomic E-state index is -0.157. The second-order valence-electron chi connectivity index (χ2n) is 7.92. The summed E-state index contributed by atoms with van der Waals surface area (Å²) >= 11 is 0. The third-order valence-electron chi connectivity index (χ3n) is 6.06. The molecule has 2 heterocycles. The first-order chi connectivity index (χ1) is 13.5. The van der Waals surface area contributed by atoms with Gasteiger partial charge < -0.3 is 15.1 Å². The highest BCUT2D eigenvalue weighted by Gasteiger charge is 2.36. The van der Waals surface area contributed by atoms with Crippen LogP contribution in [0.5, 0.6) is 0 Å². The normalized spacial score (nSPS) is 19.0. The molecule has 2 aromatic rings. The van der Waals surface area contributed by atoms with Crippen LogP contribution in [0.2, 0.25) is 0 Å². The summed E-state index contributed by atoms with van der Waals surface area (Å²) in [6.45, 7) is 4.89. The molecule has 1 N–H and O–H groups in total. The number of aryl methyl sites for hydroxylation is 2. The third kappa shape index (κ3) is 3.26. The lowest BCUT2D eigenvalue weighted by Crippen LogP contribution is -2.53. The molecule has 0 radical (unpaired) electrons. The number of hydrogen-bond donors (Lipinski definition) is 1. The quantitative estimate of drug-likeness (QED) is 0.847. The zero-order valence-corrected chi connectivity index (χ0v) is 16.8. The summed E-state index contributed by atoms with van der Waals surface area (Å²) in [5.74, 6) is -0.0729. The highest BCUT2D eigenvalue weighted by atomic mass is 16.2. The summed E-state index contributed by atoms with van der Waals surface area (Å²) in [5, 5.41) is 2.97. The Balaban J connectivity index is 1.62. The second kappa shape index (κ2) is 7.30. The molecule has 0 saturated carbocycles. The number of benzene rings is 2. The standard InChI is InChI=1S/C23H27N3O2/c1-15-8-10-18(13-16(15)2)24-22(27)17-9-11-19-20(14-17)25(3)21-7-5-4-6-12-26(21)23(19)28/h8-11,13-14,21H,4-7,12H2,1-3H3,(H,24,27). The lowest BCUT2D eigenvalue weighted by molar-refractivity contribution is 0.0661. The van der Waals surface area contributed by atoms with Crippen LogP contribution in [0.15, 0.2) is 36.4 Å². The molecule has 1 saturated heterocycles. The van der Waals surface area contributed by atoms with Gasteiger partial charge in [0.2, 0.25) is 0 Å². The molecule has 2 aromatic carbocycles. The molecule has 0 spiro atoms. The van der Waals surface area contributed by atoms with E-state index in [4.69, 9.17) is 0 Å². The van der Waals surface area contributed by atoms with E-state index in [0.29, 0.717) is 11.1 Å². The van der Waals surface area contributed by atoms with Crippen LogP contribution in [0.1, 0.15) is 57.5 Å². The molecule has 4 rings (SSSR count). The molecule has 1 atom stereocenters. The number of anilines is 2. The Morgan fingerprint density at radius 1 is 1.04 bits per heavy atom. The Kier molecular flexibility index (Phi) is 4.84. The van der Waals surface area contributed by atoms with Gasteiger partial charge in [0.1, 0.15) is 6.17 Å². The van der Waals surface area contributed by atoms with Gasteiger partial charge in [0.25, 0.3) is 11.8 Å². The van der Waals surface area contributed by atoms with Crippen molar-refractivity contribution in [1.82, 2.24) is 4.90 Å². The Bertz CT molecular complexity index is 937.